The summed E-state index contributed by atoms with van der Waals surface area (Å²) in [5, 5.41) is 0. The predicted octanol–water partition coefficient (Wildman–Crippen LogP) is 2.69. The smallest absolute Gasteiger partial charge is 0.122 e. The molecule has 0 radical (unpaired) electrons. The Kier molecular flexibility index (Phi) is 3.89. The number of hydrogen-bond donors (Lipinski definition) is 1. The van der Waals surface area contributed by atoms with E-state index in [2.05, 4.69) is 12.1 Å². The van der Waals surface area contributed by atoms with Gasteiger partial charge in [-0.3, -0.25) is 0 Å². The maximum absolute atomic E-state index is 6.04. The molecule has 3 nitrogen and oxygen atoms in total. The van der Waals surface area contributed by atoms with Crippen LogP contribution in [0.15, 0.2) is 18.2 Å². The van der Waals surface area contributed by atoms with Crippen LogP contribution in [0.1, 0.15) is 37.2 Å². The van der Waals surface area contributed by atoms with Gasteiger partial charge in [0.2, 0.25) is 0 Å². The highest BCUT2D eigenvalue weighted by molar-refractivity contribution is 5.40. The number of methoxy groups -OCH3 is 2. The van der Waals surface area contributed by atoms with Gasteiger partial charge in [-0.1, -0.05) is 6.42 Å². The molecule has 17 heavy (non-hydrogen) atoms. The Balaban J connectivity index is 2.23. The molecule has 0 bridgehead atoms. The molecule has 3 heteroatoms. The van der Waals surface area contributed by atoms with E-state index >= 15 is 0 Å². The fraction of sp³-hybridized carbons (Fsp3) is 0.571. The molecule has 1 aromatic carbocycles. The number of benzene rings is 1. The summed E-state index contributed by atoms with van der Waals surface area (Å²) in [5.74, 6) is 2.26. The largest absolute Gasteiger partial charge is 0.497 e. The molecule has 2 unspecified atom stereocenters. The summed E-state index contributed by atoms with van der Waals surface area (Å²) in [5.41, 5.74) is 7.33. The summed E-state index contributed by atoms with van der Waals surface area (Å²) in [4.78, 5) is 0. The molecule has 0 heterocycles. The van der Waals surface area contributed by atoms with Gasteiger partial charge in [0.1, 0.15) is 11.5 Å². The van der Waals surface area contributed by atoms with Crippen molar-refractivity contribution < 1.29 is 9.47 Å². The predicted molar refractivity (Wildman–Crippen MR) is 68.7 cm³/mol. The lowest BCUT2D eigenvalue weighted by molar-refractivity contribution is 0.378. The van der Waals surface area contributed by atoms with Gasteiger partial charge in [-0.2, -0.15) is 0 Å². The third kappa shape index (κ3) is 2.91. The van der Waals surface area contributed by atoms with Crippen molar-refractivity contribution in [1.29, 1.82) is 0 Å². The fourth-order valence-corrected chi connectivity index (χ4v) is 2.60. The first-order valence-corrected chi connectivity index (χ1v) is 6.21. The molecular weight excluding hydrogens is 214 g/mol. The first-order valence-electron chi connectivity index (χ1n) is 6.21. The van der Waals surface area contributed by atoms with Gasteiger partial charge in [0.25, 0.3) is 0 Å². The highest BCUT2D eigenvalue weighted by Gasteiger charge is 2.21. The van der Waals surface area contributed by atoms with Gasteiger partial charge in [-0.25, -0.2) is 0 Å². The van der Waals surface area contributed by atoms with E-state index in [1.165, 1.54) is 18.4 Å². The maximum atomic E-state index is 6.04. The van der Waals surface area contributed by atoms with E-state index < -0.39 is 0 Å². The van der Waals surface area contributed by atoms with E-state index in [1.54, 1.807) is 14.2 Å². The Labute approximate surface area is 103 Å². The van der Waals surface area contributed by atoms with Crippen LogP contribution in [0.3, 0.4) is 0 Å². The minimum absolute atomic E-state index is 0.339. The summed E-state index contributed by atoms with van der Waals surface area (Å²) >= 11 is 0. The first kappa shape index (κ1) is 12.2. The highest BCUT2D eigenvalue weighted by atomic mass is 16.5. The zero-order valence-corrected chi connectivity index (χ0v) is 10.6. The van der Waals surface area contributed by atoms with E-state index in [4.69, 9.17) is 15.2 Å². The van der Waals surface area contributed by atoms with Crippen LogP contribution in [0.2, 0.25) is 0 Å². The Morgan fingerprint density at radius 1 is 1.06 bits per heavy atom. The van der Waals surface area contributed by atoms with Gasteiger partial charge in [0.05, 0.1) is 14.2 Å². The van der Waals surface area contributed by atoms with E-state index in [0.717, 1.165) is 24.3 Å². The molecule has 0 spiro atoms. The molecule has 1 aliphatic rings. The van der Waals surface area contributed by atoms with Gasteiger partial charge in [-0.15, -0.1) is 0 Å². The molecule has 1 aromatic rings. The van der Waals surface area contributed by atoms with E-state index in [0.29, 0.717) is 12.0 Å². The van der Waals surface area contributed by atoms with E-state index in [-0.39, 0.29) is 0 Å². The van der Waals surface area contributed by atoms with Gasteiger partial charge >= 0.3 is 0 Å². The van der Waals surface area contributed by atoms with Gasteiger partial charge < -0.3 is 15.2 Å². The first-order chi connectivity index (χ1) is 8.22. The van der Waals surface area contributed by atoms with Crippen molar-refractivity contribution in [3.63, 3.8) is 0 Å². The molecule has 94 valence electrons. The van der Waals surface area contributed by atoms with Crippen molar-refractivity contribution in [2.24, 2.45) is 5.73 Å². The maximum Gasteiger partial charge on any atom is 0.122 e. The third-order valence-corrected chi connectivity index (χ3v) is 3.56. The topological polar surface area (TPSA) is 44.5 Å². The van der Waals surface area contributed by atoms with Crippen molar-refractivity contribution in [2.75, 3.05) is 14.2 Å². The van der Waals surface area contributed by atoms with Crippen LogP contribution >= 0.6 is 0 Å². The van der Waals surface area contributed by atoms with Crippen molar-refractivity contribution in [3.05, 3.63) is 23.8 Å². The molecule has 2 N–H and O–H groups in total. The Hall–Kier alpha value is -1.22. The van der Waals surface area contributed by atoms with Gasteiger partial charge in [0, 0.05) is 12.1 Å². The summed E-state index contributed by atoms with van der Waals surface area (Å²) in [6, 6.07) is 6.45. The molecule has 2 rings (SSSR count). The van der Waals surface area contributed by atoms with Gasteiger partial charge in [0.15, 0.2) is 0 Å². The van der Waals surface area contributed by atoms with Crippen LogP contribution in [0, 0.1) is 0 Å². The Morgan fingerprint density at radius 3 is 2.24 bits per heavy atom. The molecule has 1 aliphatic carbocycles. The normalized spacial score (nSPS) is 24.4. The fourth-order valence-electron chi connectivity index (χ4n) is 2.60. The Bertz CT molecular complexity index is 356. The molecular formula is C14H21NO2. The SMILES string of the molecule is COc1cc(OC)cc(C2CCCC(N)C2)c1. The number of hydrogen-bond acceptors (Lipinski definition) is 3. The van der Waals surface area contributed by atoms with Crippen LogP contribution in [0.5, 0.6) is 11.5 Å². The lowest BCUT2D eigenvalue weighted by Gasteiger charge is -2.27. The monoisotopic (exact) mass is 235 g/mol. The minimum Gasteiger partial charge on any atom is -0.497 e. The molecule has 1 saturated carbocycles. The van der Waals surface area contributed by atoms with E-state index in [1.807, 2.05) is 6.07 Å². The minimum atomic E-state index is 0.339. The highest BCUT2D eigenvalue weighted by Crippen LogP contribution is 2.35. The summed E-state index contributed by atoms with van der Waals surface area (Å²) in [6.45, 7) is 0. The van der Waals surface area contributed by atoms with Crippen LogP contribution in [0.4, 0.5) is 0 Å². The molecule has 0 saturated heterocycles. The van der Waals surface area contributed by atoms with Crippen molar-refractivity contribution in [1.82, 2.24) is 0 Å². The molecule has 2 atom stereocenters. The summed E-state index contributed by atoms with van der Waals surface area (Å²) in [6.07, 6.45) is 4.64. The number of nitrogens with two attached hydrogens (primary N) is 1. The lowest BCUT2D eigenvalue weighted by Crippen LogP contribution is -2.26. The van der Waals surface area contributed by atoms with E-state index in [9.17, 15) is 0 Å². The average Bonchev–Trinajstić information content (AvgIpc) is 2.38. The van der Waals surface area contributed by atoms with Crippen LogP contribution in [0.25, 0.3) is 0 Å². The van der Waals surface area contributed by atoms with Crippen LogP contribution in [-0.2, 0) is 0 Å². The quantitative estimate of drug-likeness (QED) is 0.876. The van der Waals surface area contributed by atoms with Crippen molar-refractivity contribution in [2.45, 2.75) is 37.6 Å². The standard InChI is InChI=1S/C14H21NO2/c1-16-13-7-11(8-14(9-13)17-2)10-4-3-5-12(15)6-10/h7-10,12H,3-6,15H2,1-2H3. The van der Waals surface area contributed by atoms with Gasteiger partial charge in [-0.05, 0) is 42.9 Å². The van der Waals surface area contributed by atoms with Crippen molar-refractivity contribution >= 4 is 0 Å². The van der Waals surface area contributed by atoms with Crippen molar-refractivity contribution in [3.8, 4) is 11.5 Å². The third-order valence-electron chi connectivity index (χ3n) is 3.56. The zero-order valence-electron chi connectivity index (χ0n) is 10.6. The lowest BCUT2D eigenvalue weighted by atomic mass is 9.81. The van der Waals surface area contributed by atoms with Crippen LogP contribution < -0.4 is 15.2 Å². The second-order valence-corrected chi connectivity index (χ2v) is 4.77. The Morgan fingerprint density at radius 2 is 1.71 bits per heavy atom. The molecule has 0 aliphatic heterocycles. The molecule has 1 fully saturated rings. The average molecular weight is 235 g/mol. The molecule has 0 aromatic heterocycles. The zero-order chi connectivity index (χ0) is 12.3. The molecule has 0 amide bonds. The second-order valence-electron chi connectivity index (χ2n) is 4.77. The second kappa shape index (κ2) is 5.41. The summed E-state index contributed by atoms with van der Waals surface area (Å²) < 4.78 is 10.6. The summed E-state index contributed by atoms with van der Waals surface area (Å²) in [7, 11) is 3.37. The number of ether oxygens (including phenoxy) is 2. The number of rotatable bonds is 3. The van der Waals surface area contributed by atoms with Crippen LogP contribution in [-0.4, -0.2) is 20.3 Å².